The van der Waals surface area contributed by atoms with Gasteiger partial charge < -0.3 is 14.8 Å². The van der Waals surface area contributed by atoms with Crippen LogP contribution in [0.1, 0.15) is 44.2 Å². The van der Waals surface area contributed by atoms with Crippen molar-refractivity contribution in [2.45, 2.75) is 50.9 Å². The fraction of sp³-hybridized carbons (Fsp3) is 0.625. The SMILES string of the molecule is CNC(C)c1c(F)cccc1OC1CCCC(OC)C1. The van der Waals surface area contributed by atoms with E-state index < -0.39 is 0 Å². The first-order valence-corrected chi connectivity index (χ1v) is 7.30. The van der Waals surface area contributed by atoms with E-state index in [0.717, 1.165) is 25.7 Å². The molecule has 20 heavy (non-hydrogen) atoms. The van der Waals surface area contributed by atoms with Gasteiger partial charge in [0.2, 0.25) is 0 Å². The van der Waals surface area contributed by atoms with Crippen LogP contribution in [0.5, 0.6) is 5.75 Å². The number of rotatable bonds is 5. The topological polar surface area (TPSA) is 30.5 Å². The van der Waals surface area contributed by atoms with Crippen molar-refractivity contribution in [3.63, 3.8) is 0 Å². The smallest absolute Gasteiger partial charge is 0.131 e. The van der Waals surface area contributed by atoms with Crippen LogP contribution in [0, 0.1) is 5.82 Å². The Morgan fingerprint density at radius 3 is 2.75 bits per heavy atom. The van der Waals surface area contributed by atoms with E-state index in [0.29, 0.717) is 11.3 Å². The molecule has 1 saturated carbocycles. The second kappa shape index (κ2) is 7.04. The molecular weight excluding hydrogens is 257 g/mol. The van der Waals surface area contributed by atoms with Gasteiger partial charge in [-0.1, -0.05) is 6.07 Å². The summed E-state index contributed by atoms with van der Waals surface area (Å²) in [6, 6.07) is 4.96. The monoisotopic (exact) mass is 281 g/mol. The fourth-order valence-corrected chi connectivity index (χ4v) is 2.79. The first-order chi connectivity index (χ1) is 9.65. The molecule has 1 aliphatic carbocycles. The van der Waals surface area contributed by atoms with Crippen molar-refractivity contribution in [2.24, 2.45) is 0 Å². The number of methoxy groups -OCH3 is 1. The second-order valence-corrected chi connectivity index (χ2v) is 5.43. The van der Waals surface area contributed by atoms with E-state index in [4.69, 9.17) is 9.47 Å². The lowest BCUT2D eigenvalue weighted by atomic mass is 9.94. The Hall–Kier alpha value is -1.13. The molecular formula is C16H24FNO2. The van der Waals surface area contributed by atoms with Crippen molar-refractivity contribution >= 4 is 0 Å². The summed E-state index contributed by atoms with van der Waals surface area (Å²) in [6.45, 7) is 1.93. The summed E-state index contributed by atoms with van der Waals surface area (Å²) >= 11 is 0. The van der Waals surface area contributed by atoms with Crippen LogP contribution < -0.4 is 10.1 Å². The number of halogens is 1. The predicted octanol–water partition coefficient (Wildman–Crippen LogP) is 3.44. The van der Waals surface area contributed by atoms with Gasteiger partial charge in [0.15, 0.2) is 0 Å². The van der Waals surface area contributed by atoms with Gasteiger partial charge in [0.05, 0.1) is 6.10 Å². The summed E-state index contributed by atoms with van der Waals surface area (Å²) in [6.07, 6.45) is 4.42. The van der Waals surface area contributed by atoms with Crippen LogP contribution in [0.15, 0.2) is 18.2 Å². The van der Waals surface area contributed by atoms with Crippen molar-refractivity contribution < 1.29 is 13.9 Å². The fourth-order valence-electron chi connectivity index (χ4n) is 2.79. The molecule has 2 rings (SSSR count). The largest absolute Gasteiger partial charge is 0.490 e. The number of nitrogens with one attached hydrogen (secondary N) is 1. The van der Waals surface area contributed by atoms with Crippen LogP contribution in [0.3, 0.4) is 0 Å². The Kier molecular flexibility index (Phi) is 5.38. The summed E-state index contributed by atoms with van der Waals surface area (Å²) in [7, 11) is 3.56. The molecule has 0 aliphatic heterocycles. The Morgan fingerprint density at radius 2 is 2.05 bits per heavy atom. The minimum atomic E-state index is -0.219. The molecule has 0 heterocycles. The van der Waals surface area contributed by atoms with E-state index >= 15 is 0 Å². The number of hydrogen-bond donors (Lipinski definition) is 1. The molecule has 0 aromatic heterocycles. The Labute approximate surface area is 120 Å². The molecule has 3 nitrogen and oxygen atoms in total. The van der Waals surface area contributed by atoms with Gasteiger partial charge >= 0.3 is 0 Å². The average Bonchev–Trinajstić information content (AvgIpc) is 2.47. The summed E-state index contributed by atoms with van der Waals surface area (Å²) < 4.78 is 25.5. The zero-order valence-electron chi connectivity index (χ0n) is 12.5. The Balaban J connectivity index is 2.14. The lowest BCUT2D eigenvalue weighted by Crippen LogP contribution is -2.30. The molecule has 1 aliphatic rings. The average molecular weight is 281 g/mol. The molecule has 1 N–H and O–H groups in total. The van der Waals surface area contributed by atoms with Crippen molar-refractivity contribution in [2.75, 3.05) is 14.2 Å². The van der Waals surface area contributed by atoms with Crippen molar-refractivity contribution in [3.8, 4) is 5.75 Å². The van der Waals surface area contributed by atoms with Crippen LogP contribution in [-0.4, -0.2) is 26.4 Å². The zero-order chi connectivity index (χ0) is 14.5. The molecule has 0 amide bonds. The van der Waals surface area contributed by atoms with E-state index in [-0.39, 0.29) is 24.1 Å². The van der Waals surface area contributed by atoms with Gasteiger partial charge in [0.25, 0.3) is 0 Å². The summed E-state index contributed by atoms with van der Waals surface area (Å²) in [4.78, 5) is 0. The number of hydrogen-bond acceptors (Lipinski definition) is 3. The molecule has 1 fully saturated rings. The maximum absolute atomic E-state index is 14.0. The molecule has 0 spiro atoms. The third kappa shape index (κ3) is 3.49. The highest BCUT2D eigenvalue weighted by molar-refractivity contribution is 5.37. The van der Waals surface area contributed by atoms with Gasteiger partial charge in [-0.05, 0) is 45.4 Å². The van der Waals surface area contributed by atoms with Gasteiger partial charge in [0.1, 0.15) is 17.7 Å². The third-order valence-corrected chi connectivity index (χ3v) is 4.08. The van der Waals surface area contributed by atoms with Crippen LogP contribution in [0.4, 0.5) is 4.39 Å². The first kappa shape index (κ1) is 15.3. The molecule has 3 atom stereocenters. The van der Waals surface area contributed by atoms with E-state index in [2.05, 4.69) is 5.32 Å². The maximum Gasteiger partial charge on any atom is 0.131 e. The summed E-state index contributed by atoms with van der Waals surface area (Å²) in [5.74, 6) is 0.428. The number of ether oxygens (including phenoxy) is 2. The normalized spacial score (nSPS) is 24.4. The lowest BCUT2D eigenvalue weighted by molar-refractivity contribution is 0.0204. The highest BCUT2D eigenvalue weighted by atomic mass is 19.1. The second-order valence-electron chi connectivity index (χ2n) is 5.43. The van der Waals surface area contributed by atoms with E-state index in [1.165, 1.54) is 6.07 Å². The predicted molar refractivity (Wildman–Crippen MR) is 77.6 cm³/mol. The molecule has 1 aromatic rings. The minimum absolute atomic E-state index is 0.0759. The lowest BCUT2D eigenvalue weighted by Gasteiger charge is -2.30. The zero-order valence-corrected chi connectivity index (χ0v) is 12.5. The molecule has 4 heteroatoms. The Morgan fingerprint density at radius 1 is 1.30 bits per heavy atom. The molecule has 112 valence electrons. The van der Waals surface area contributed by atoms with Crippen molar-refractivity contribution in [1.82, 2.24) is 5.32 Å². The standard InChI is InChI=1S/C16H24FNO2/c1-11(18-2)16-14(17)8-5-9-15(16)20-13-7-4-6-12(10-13)19-3/h5,8-9,11-13,18H,4,6-7,10H2,1-3H3. The highest BCUT2D eigenvalue weighted by Gasteiger charge is 2.25. The molecule has 0 saturated heterocycles. The van der Waals surface area contributed by atoms with Gasteiger partial charge in [-0.15, -0.1) is 0 Å². The summed E-state index contributed by atoms with van der Waals surface area (Å²) in [5.41, 5.74) is 0.606. The first-order valence-electron chi connectivity index (χ1n) is 7.30. The molecule has 0 bridgehead atoms. The summed E-state index contributed by atoms with van der Waals surface area (Å²) in [5, 5.41) is 3.07. The van der Waals surface area contributed by atoms with E-state index in [9.17, 15) is 4.39 Å². The van der Waals surface area contributed by atoms with E-state index in [1.807, 2.05) is 20.0 Å². The van der Waals surface area contributed by atoms with Crippen LogP contribution in [0.25, 0.3) is 0 Å². The van der Waals surface area contributed by atoms with Crippen LogP contribution in [-0.2, 0) is 4.74 Å². The van der Waals surface area contributed by atoms with Gasteiger partial charge in [0, 0.05) is 25.1 Å². The van der Waals surface area contributed by atoms with Gasteiger partial charge in [-0.2, -0.15) is 0 Å². The minimum Gasteiger partial charge on any atom is -0.490 e. The van der Waals surface area contributed by atoms with Gasteiger partial charge in [-0.3, -0.25) is 0 Å². The third-order valence-electron chi connectivity index (χ3n) is 4.08. The van der Waals surface area contributed by atoms with Gasteiger partial charge in [-0.25, -0.2) is 4.39 Å². The molecule has 1 aromatic carbocycles. The molecule has 0 radical (unpaired) electrons. The number of benzene rings is 1. The van der Waals surface area contributed by atoms with Crippen molar-refractivity contribution in [1.29, 1.82) is 0 Å². The van der Waals surface area contributed by atoms with Crippen molar-refractivity contribution in [3.05, 3.63) is 29.6 Å². The van der Waals surface area contributed by atoms with Crippen LogP contribution in [0.2, 0.25) is 0 Å². The maximum atomic E-state index is 14.0. The quantitative estimate of drug-likeness (QED) is 0.896. The van der Waals surface area contributed by atoms with E-state index in [1.54, 1.807) is 13.2 Å². The highest BCUT2D eigenvalue weighted by Crippen LogP contribution is 2.31. The molecule has 3 unspecified atom stereocenters. The van der Waals surface area contributed by atoms with Crippen LogP contribution >= 0.6 is 0 Å². The Bertz CT molecular complexity index is 438.